The number of nitrogens with two attached hydrogens (primary N) is 1. The Morgan fingerprint density at radius 2 is 2.11 bits per heavy atom. The van der Waals surface area contributed by atoms with E-state index in [1.165, 1.54) is 35.7 Å². The van der Waals surface area contributed by atoms with Gasteiger partial charge in [0.2, 0.25) is 0 Å². The predicted octanol–water partition coefficient (Wildman–Crippen LogP) is 3.37. The molecule has 0 saturated heterocycles. The summed E-state index contributed by atoms with van der Waals surface area (Å²) in [4.78, 5) is 3.93. The maximum Gasteiger partial charge on any atom is 0.573 e. The molecule has 2 aromatic rings. The number of halogens is 3. The summed E-state index contributed by atoms with van der Waals surface area (Å²) in [5.74, 6) is -0.294. The van der Waals surface area contributed by atoms with Crippen LogP contribution in [0.3, 0.4) is 0 Å². The van der Waals surface area contributed by atoms with Gasteiger partial charge in [-0.25, -0.2) is 4.98 Å². The molecule has 0 aliphatic rings. The normalized spacial score (nSPS) is 11.3. The van der Waals surface area contributed by atoms with E-state index in [-0.39, 0.29) is 5.75 Å². The first kappa shape index (κ1) is 12.5. The first-order chi connectivity index (χ1) is 8.42. The summed E-state index contributed by atoms with van der Waals surface area (Å²) in [5, 5.41) is 3.84. The van der Waals surface area contributed by atoms with E-state index in [2.05, 4.69) is 15.0 Å². The second-order valence-electron chi connectivity index (χ2n) is 3.27. The van der Waals surface area contributed by atoms with Gasteiger partial charge in [0.05, 0.1) is 6.20 Å². The Bertz CT molecular complexity index is 541. The third-order valence-electron chi connectivity index (χ3n) is 1.84. The van der Waals surface area contributed by atoms with Gasteiger partial charge in [0.15, 0.2) is 5.13 Å². The lowest BCUT2D eigenvalue weighted by Gasteiger charge is -2.10. The van der Waals surface area contributed by atoms with Crippen LogP contribution < -0.4 is 15.8 Å². The van der Waals surface area contributed by atoms with Crippen LogP contribution in [0.15, 0.2) is 30.5 Å². The van der Waals surface area contributed by atoms with Crippen molar-refractivity contribution in [2.45, 2.75) is 6.36 Å². The van der Waals surface area contributed by atoms with E-state index in [0.29, 0.717) is 15.8 Å². The van der Waals surface area contributed by atoms with Crippen molar-refractivity contribution in [3.05, 3.63) is 30.5 Å². The summed E-state index contributed by atoms with van der Waals surface area (Å²) in [5.41, 5.74) is 5.92. The molecule has 0 saturated carbocycles. The van der Waals surface area contributed by atoms with Crippen molar-refractivity contribution in [2.24, 2.45) is 0 Å². The number of nitrogens with zero attached hydrogens (tertiary/aromatic N) is 1. The number of nitrogens with one attached hydrogen (secondary N) is 1. The molecule has 18 heavy (non-hydrogen) atoms. The molecule has 4 nitrogen and oxygen atoms in total. The van der Waals surface area contributed by atoms with E-state index in [1.807, 2.05) is 0 Å². The molecular weight excluding hydrogens is 267 g/mol. The Hall–Kier alpha value is -1.96. The second kappa shape index (κ2) is 4.73. The van der Waals surface area contributed by atoms with Crippen LogP contribution in [0.1, 0.15) is 0 Å². The number of ether oxygens (including phenoxy) is 1. The highest BCUT2D eigenvalue weighted by atomic mass is 32.1. The van der Waals surface area contributed by atoms with Gasteiger partial charge in [-0.3, -0.25) is 0 Å². The lowest BCUT2D eigenvalue weighted by Crippen LogP contribution is -2.17. The lowest BCUT2D eigenvalue weighted by molar-refractivity contribution is -0.274. The van der Waals surface area contributed by atoms with Gasteiger partial charge in [0, 0.05) is 11.8 Å². The number of anilines is 3. The number of rotatable bonds is 3. The van der Waals surface area contributed by atoms with Crippen LogP contribution in [-0.4, -0.2) is 11.3 Å². The van der Waals surface area contributed by atoms with Gasteiger partial charge in [0.1, 0.15) is 10.8 Å². The lowest BCUT2D eigenvalue weighted by atomic mass is 10.3. The van der Waals surface area contributed by atoms with Crippen LogP contribution >= 0.6 is 11.3 Å². The summed E-state index contributed by atoms with van der Waals surface area (Å²) in [7, 11) is 0. The summed E-state index contributed by atoms with van der Waals surface area (Å²) < 4.78 is 39.9. The average molecular weight is 275 g/mol. The maximum atomic E-state index is 12.0. The molecule has 0 unspecified atom stereocenters. The van der Waals surface area contributed by atoms with E-state index < -0.39 is 6.36 Å². The SMILES string of the molecule is Nc1cnc(Nc2cccc(OC(F)(F)F)c2)s1. The van der Waals surface area contributed by atoms with Gasteiger partial charge < -0.3 is 15.8 Å². The van der Waals surface area contributed by atoms with Crippen molar-refractivity contribution >= 4 is 27.2 Å². The molecule has 1 aromatic heterocycles. The van der Waals surface area contributed by atoms with Crippen molar-refractivity contribution < 1.29 is 17.9 Å². The van der Waals surface area contributed by atoms with Crippen molar-refractivity contribution in [1.82, 2.24) is 4.98 Å². The van der Waals surface area contributed by atoms with Gasteiger partial charge in [-0.2, -0.15) is 0 Å². The molecule has 1 heterocycles. The molecule has 0 atom stereocenters. The second-order valence-corrected chi connectivity index (χ2v) is 4.33. The van der Waals surface area contributed by atoms with Crippen LogP contribution in [-0.2, 0) is 0 Å². The fourth-order valence-electron chi connectivity index (χ4n) is 1.24. The molecule has 0 fully saturated rings. The molecule has 3 N–H and O–H groups in total. The minimum absolute atomic E-state index is 0.294. The predicted molar refractivity (Wildman–Crippen MR) is 62.9 cm³/mol. The minimum Gasteiger partial charge on any atom is -0.406 e. The zero-order valence-electron chi connectivity index (χ0n) is 8.86. The van der Waals surface area contributed by atoms with Gasteiger partial charge in [-0.05, 0) is 12.1 Å². The first-order valence-electron chi connectivity index (χ1n) is 4.76. The molecule has 8 heteroatoms. The number of alkyl halides is 3. The van der Waals surface area contributed by atoms with Gasteiger partial charge >= 0.3 is 6.36 Å². The molecule has 0 amide bonds. The first-order valence-corrected chi connectivity index (χ1v) is 5.58. The Morgan fingerprint density at radius 1 is 1.33 bits per heavy atom. The molecule has 0 spiro atoms. The van der Waals surface area contributed by atoms with Gasteiger partial charge in [-0.15, -0.1) is 13.2 Å². The third kappa shape index (κ3) is 3.52. The van der Waals surface area contributed by atoms with E-state index in [1.54, 1.807) is 6.07 Å². The summed E-state index contributed by atoms with van der Waals surface area (Å²) >= 11 is 1.19. The highest BCUT2D eigenvalue weighted by molar-refractivity contribution is 7.19. The molecule has 0 aliphatic heterocycles. The van der Waals surface area contributed by atoms with E-state index in [9.17, 15) is 13.2 Å². The molecule has 2 rings (SSSR count). The monoisotopic (exact) mass is 275 g/mol. The Balaban J connectivity index is 2.12. The quantitative estimate of drug-likeness (QED) is 0.901. The number of aromatic nitrogens is 1. The molecule has 96 valence electrons. The zero-order valence-corrected chi connectivity index (χ0v) is 9.68. The number of hydrogen-bond acceptors (Lipinski definition) is 5. The van der Waals surface area contributed by atoms with E-state index >= 15 is 0 Å². The van der Waals surface area contributed by atoms with E-state index in [0.717, 1.165) is 0 Å². The van der Waals surface area contributed by atoms with E-state index in [4.69, 9.17) is 5.73 Å². The fraction of sp³-hybridized carbons (Fsp3) is 0.100. The largest absolute Gasteiger partial charge is 0.573 e. The Kier molecular flexibility index (Phi) is 3.28. The highest BCUT2D eigenvalue weighted by Crippen LogP contribution is 2.28. The molecule has 0 aliphatic carbocycles. The Labute approximate surface area is 104 Å². The zero-order chi connectivity index (χ0) is 13.2. The highest BCUT2D eigenvalue weighted by Gasteiger charge is 2.31. The number of benzene rings is 1. The van der Waals surface area contributed by atoms with Crippen LogP contribution in [0, 0.1) is 0 Å². The van der Waals surface area contributed by atoms with Crippen LogP contribution in [0.25, 0.3) is 0 Å². The summed E-state index contributed by atoms with van der Waals surface area (Å²) in [6.45, 7) is 0. The Morgan fingerprint density at radius 3 is 2.72 bits per heavy atom. The molecular formula is C10H8F3N3OS. The minimum atomic E-state index is -4.70. The van der Waals surface area contributed by atoms with Crippen molar-refractivity contribution in [3.63, 3.8) is 0 Å². The van der Waals surface area contributed by atoms with Crippen LogP contribution in [0.5, 0.6) is 5.75 Å². The standard InChI is InChI=1S/C10H8F3N3OS/c11-10(12,13)17-7-3-1-2-6(4-7)16-9-15-5-8(14)18-9/h1-5H,14H2,(H,15,16). The topological polar surface area (TPSA) is 60.2 Å². The smallest absolute Gasteiger partial charge is 0.406 e. The van der Waals surface area contributed by atoms with Crippen molar-refractivity contribution in [2.75, 3.05) is 11.1 Å². The number of hydrogen-bond donors (Lipinski definition) is 2. The fourth-order valence-corrected chi connectivity index (χ4v) is 1.84. The van der Waals surface area contributed by atoms with Crippen LogP contribution in [0.4, 0.5) is 29.0 Å². The van der Waals surface area contributed by atoms with Crippen molar-refractivity contribution in [1.29, 1.82) is 0 Å². The van der Waals surface area contributed by atoms with Crippen molar-refractivity contribution in [3.8, 4) is 5.75 Å². The van der Waals surface area contributed by atoms with Crippen LogP contribution in [0.2, 0.25) is 0 Å². The molecule has 0 radical (unpaired) electrons. The average Bonchev–Trinajstić information content (AvgIpc) is 2.62. The summed E-state index contributed by atoms with van der Waals surface area (Å²) in [6.07, 6.45) is -3.24. The number of nitrogen functional groups attached to an aromatic ring is 1. The van der Waals surface area contributed by atoms with Gasteiger partial charge in [0.25, 0.3) is 0 Å². The molecule has 1 aromatic carbocycles. The summed E-state index contributed by atoms with van der Waals surface area (Å²) in [6, 6.07) is 5.49. The third-order valence-corrected chi connectivity index (χ3v) is 2.58. The molecule has 0 bridgehead atoms. The van der Waals surface area contributed by atoms with Gasteiger partial charge in [-0.1, -0.05) is 17.4 Å². The number of thiazole rings is 1. The maximum absolute atomic E-state index is 12.0.